The Hall–Kier alpha value is -0.810. The number of aliphatic hydroxyl groups is 5. The third-order valence-corrected chi connectivity index (χ3v) is 10.5. The van der Waals surface area contributed by atoms with Gasteiger partial charge in [0.2, 0.25) is 5.91 Å². The van der Waals surface area contributed by atoms with E-state index >= 15 is 0 Å². The van der Waals surface area contributed by atoms with E-state index in [-0.39, 0.29) is 12.5 Å². The first-order valence-corrected chi connectivity index (χ1v) is 21.2. The Balaban J connectivity index is 2.10. The summed E-state index contributed by atoms with van der Waals surface area (Å²) in [6.45, 7) is 3.67. The Morgan fingerprint density at radius 2 is 1.00 bits per heavy atom. The number of aliphatic hydroxyl groups excluding tert-OH is 5. The topological polar surface area (TPSA) is 149 Å². The maximum absolute atomic E-state index is 12.6. The highest BCUT2D eigenvalue weighted by molar-refractivity contribution is 5.76. The van der Waals surface area contributed by atoms with Gasteiger partial charge in [-0.15, -0.1) is 0 Å². The lowest BCUT2D eigenvalue weighted by Crippen LogP contribution is -2.60. The van der Waals surface area contributed by atoms with Crippen molar-refractivity contribution in [3.8, 4) is 0 Å². The summed E-state index contributed by atoms with van der Waals surface area (Å²) in [6, 6.07) is -0.707. The second kappa shape index (κ2) is 32.8. The molecule has 0 aromatic carbocycles. The van der Waals surface area contributed by atoms with Gasteiger partial charge in [-0.25, -0.2) is 0 Å². The summed E-state index contributed by atoms with van der Waals surface area (Å²) < 4.78 is 11.1. The van der Waals surface area contributed by atoms with E-state index in [1.807, 2.05) is 0 Å². The van der Waals surface area contributed by atoms with Crippen molar-refractivity contribution in [1.29, 1.82) is 0 Å². The second-order valence-corrected chi connectivity index (χ2v) is 15.1. The lowest BCUT2D eigenvalue weighted by molar-refractivity contribution is -0.302. The molecular weight excluding hydrogens is 634 g/mol. The van der Waals surface area contributed by atoms with Gasteiger partial charge >= 0.3 is 0 Å². The largest absolute Gasteiger partial charge is 0.394 e. The van der Waals surface area contributed by atoms with Crippen LogP contribution in [0, 0.1) is 0 Å². The Morgan fingerprint density at radius 3 is 1.42 bits per heavy atom. The van der Waals surface area contributed by atoms with E-state index in [2.05, 4.69) is 19.2 Å². The predicted molar refractivity (Wildman–Crippen MR) is 203 cm³/mol. The lowest BCUT2D eigenvalue weighted by atomic mass is 9.99. The SMILES string of the molecule is CCCCCCCCCCCCCCCCCCCCCCCCCCC(O)C(COC1OC(CO)C(O)C(O)C1O)NC(=O)CCCCC. The van der Waals surface area contributed by atoms with Gasteiger partial charge in [0.15, 0.2) is 6.29 Å². The maximum Gasteiger partial charge on any atom is 0.220 e. The van der Waals surface area contributed by atoms with Crippen LogP contribution in [0.5, 0.6) is 0 Å². The van der Waals surface area contributed by atoms with Crippen molar-refractivity contribution in [1.82, 2.24) is 5.32 Å². The quantitative estimate of drug-likeness (QED) is 0.0362. The van der Waals surface area contributed by atoms with Crippen LogP contribution >= 0.6 is 0 Å². The van der Waals surface area contributed by atoms with Gasteiger partial charge in [0.25, 0.3) is 0 Å². The monoisotopic (exact) mass is 716 g/mol. The molecule has 1 amide bonds. The molecule has 1 aliphatic heterocycles. The van der Waals surface area contributed by atoms with Crippen molar-refractivity contribution >= 4 is 5.91 Å². The molecule has 50 heavy (non-hydrogen) atoms. The van der Waals surface area contributed by atoms with Crippen molar-refractivity contribution in [3.63, 3.8) is 0 Å². The number of nitrogens with one attached hydrogen (secondary N) is 1. The highest BCUT2D eigenvalue weighted by Crippen LogP contribution is 2.23. The fraction of sp³-hybridized carbons (Fsp3) is 0.976. The van der Waals surface area contributed by atoms with Gasteiger partial charge < -0.3 is 40.3 Å². The van der Waals surface area contributed by atoms with Crippen LogP contribution in [0.25, 0.3) is 0 Å². The molecule has 9 heteroatoms. The number of carbonyl (C=O) groups is 1. The Kier molecular flexibility index (Phi) is 31.0. The average molecular weight is 716 g/mol. The van der Waals surface area contributed by atoms with Gasteiger partial charge in [0, 0.05) is 6.42 Å². The Labute approximate surface area is 306 Å². The summed E-state index contributed by atoms with van der Waals surface area (Å²) in [7, 11) is 0. The molecule has 1 rings (SSSR count). The maximum atomic E-state index is 12.6. The first-order valence-electron chi connectivity index (χ1n) is 21.2. The summed E-state index contributed by atoms with van der Waals surface area (Å²) in [5.41, 5.74) is 0. The average Bonchev–Trinajstić information content (AvgIpc) is 3.11. The zero-order chi connectivity index (χ0) is 36.7. The molecule has 1 saturated heterocycles. The molecule has 0 aromatic heterocycles. The van der Waals surface area contributed by atoms with E-state index in [0.717, 1.165) is 38.5 Å². The predicted octanol–water partition coefficient (Wildman–Crippen LogP) is 8.00. The molecule has 7 unspecified atom stereocenters. The summed E-state index contributed by atoms with van der Waals surface area (Å²) in [5, 5.41) is 53.7. The van der Waals surface area contributed by atoms with Crippen LogP contribution in [0.1, 0.15) is 200 Å². The van der Waals surface area contributed by atoms with Gasteiger partial charge in [-0.2, -0.15) is 0 Å². The summed E-state index contributed by atoms with van der Waals surface area (Å²) >= 11 is 0. The molecule has 0 aromatic rings. The van der Waals surface area contributed by atoms with Gasteiger partial charge in [-0.1, -0.05) is 181 Å². The number of amides is 1. The van der Waals surface area contributed by atoms with Crippen molar-refractivity contribution < 1.29 is 39.8 Å². The molecule has 298 valence electrons. The highest BCUT2D eigenvalue weighted by Gasteiger charge is 2.44. The number of rotatable bonds is 35. The van der Waals surface area contributed by atoms with Crippen LogP contribution in [-0.4, -0.2) is 87.5 Å². The number of unbranched alkanes of at least 4 members (excludes halogenated alkanes) is 25. The summed E-state index contributed by atoms with van der Waals surface area (Å²) in [6.07, 6.45) is 27.8. The standard InChI is InChI=1S/C41H81NO8/c1-3-5-7-8-9-10-11-12-13-14-15-16-17-18-19-20-21-22-23-24-25-26-27-29-30-35(44)34(42-37(45)31-28-6-4-2)33-49-41-40(48)39(47)38(46)36(32-43)50-41/h34-36,38-41,43-44,46-48H,3-33H2,1-2H3,(H,42,45). The molecule has 0 spiro atoms. The van der Waals surface area contributed by atoms with Crippen molar-refractivity contribution in [3.05, 3.63) is 0 Å². The van der Waals surface area contributed by atoms with Crippen LogP contribution < -0.4 is 5.32 Å². The molecule has 0 bridgehead atoms. The van der Waals surface area contributed by atoms with Gasteiger partial charge in [0.05, 0.1) is 25.4 Å². The minimum absolute atomic E-state index is 0.136. The van der Waals surface area contributed by atoms with Gasteiger partial charge in [-0.3, -0.25) is 4.79 Å². The minimum Gasteiger partial charge on any atom is -0.394 e. The zero-order valence-electron chi connectivity index (χ0n) is 32.4. The van der Waals surface area contributed by atoms with Crippen molar-refractivity contribution in [2.24, 2.45) is 0 Å². The molecule has 0 saturated carbocycles. The molecular formula is C41H81NO8. The van der Waals surface area contributed by atoms with Crippen LogP contribution in [0.15, 0.2) is 0 Å². The lowest BCUT2D eigenvalue weighted by Gasteiger charge is -2.40. The third kappa shape index (κ3) is 23.7. The fourth-order valence-electron chi connectivity index (χ4n) is 6.98. The Morgan fingerprint density at radius 1 is 0.600 bits per heavy atom. The first kappa shape index (κ1) is 47.2. The first-order chi connectivity index (χ1) is 24.3. The van der Waals surface area contributed by atoms with Crippen molar-refractivity contribution in [2.75, 3.05) is 13.2 Å². The molecule has 9 nitrogen and oxygen atoms in total. The summed E-state index contributed by atoms with van der Waals surface area (Å²) in [5.74, 6) is -0.167. The Bertz CT molecular complexity index is 756. The number of hydrogen-bond donors (Lipinski definition) is 6. The molecule has 1 aliphatic rings. The third-order valence-electron chi connectivity index (χ3n) is 10.5. The fourth-order valence-corrected chi connectivity index (χ4v) is 6.98. The molecule has 1 fully saturated rings. The van der Waals surface area contributed by atoms with Gasteiger partial charge in [0.1, 0.15) is 24.4 Å². The molecule has 1 heterocycles. The number of carbonyl (C=O) groups excluding carboxylic acids is 1. The smallest absolute Gasteiger partial charge is 0.220 e. The zero-order valence-corrected chi connectivity index (χ0v) is 32.4. The van der Waals surface area contributed by atoms with E-state index in [0.29, 0.717) is 12.8 Å². The molecule has 6 N–H and O–H groups in total. The highest BCUT2D eigenvalue weighted by atomic mass is 16.7. The molecule has 7 atom stereocenters. The minimum atomic E-state index is -1.54. The van der Waals surface area contributed by atoms with Gasteiger partial charge in [-0.05, 0) is 12.8 Å². The second-order valence-electron chi connectivity index (χ2n) is 15.1. The van der Waals surface area contributed by atoms with E-state index < -0.39 is 49.5 Å². The van der Waals surface area contributed by atoms with Crippen molar-refractivity contribution in [2.45, 2.75) is 243 Å². The van der Waals surface area contributed by atoms with E-state index in [4.69, 9.17) is 9.47 Å². The van der Waals surface area contributed by atoms with E-state index in [9.17, 15) is 30.3 Å². The number of hydrogen-bond acceptors (Lipinski definition) is 8. The van der Waals surface area contributed by atoms with Crippen LogP contribution in [-0.2, 0) is 14.3 Å². The number of ether oxygens (including phenoxy) is 2. The molecule has 0 aliphatic carbocycles. The van der Waals surface area contributed by atoms with Crippen LogP contribution in [0.4, 0.5) is 0 Å². The molecule has 0 radical (unpaired) electrons. The van der Waals surface area contributed by atoms with E-state index in [1.54, 1.807) is 0 Å². The van der Waals surface area contributed by atoms with E-state index in [1.165, 1.54) is 135 Å². The van der Waals surface area contributed by atoms with Crippen LogP contribution in [0.3, 0.4) is 0 Å². The summed E-state index contributed by atoms with van der Waals surface area (Å²) in [4.78, 5) is 12.6. The normalized spacial score (nSPS) is 22.1. The van der Waals surface area contributed by atoms with Crippen LogP contribution in [0.2, 0.25) is 0 Å².